The topological polar surface area (TPSA) is 41.4 Å². The smallest absolute Gasteiger partial charge is 0.274 e. The molecule has 1 amide bonds. The van der Waals surface area contributed by atoms with Crippen LogP contribution in [-0.4, -0.2) is 58.7 Å². The number of rotatable bonds is 5. The fraction of sp³-hybridized carbons (Fsp3) is 0.800. The van der Waals surface area contributed by atoms with Crippen LogP contribution in [-0.2, 0) is 7.05 Å². The van der Waals surface area contributed by atoms with Gasteiger partial charge >= 0.3 is 0 Å². The van der Waals surface area contributed by atoms with E-state index in [1.54, 1.807) is 4.68 Å². The molecule has 3 rings (SSSR count). The van der Waals surface area contributed by atoms with Crippen LogP contribution >= 0.6 is 0 Å². The van der Waals surface area contributed by atoms with Gasteiger partial charge in [-0.25, -0.2) is 0 Å². The average molecular weight is 347 g/mol. The standard InChI is InChI=1S/C20H34N4O/c1-16-13-19(21-23(16)3)20(25)22(2)14-18-9-11-24(12-10-18)15-17-7-5-4-6-8-17/h13,17-18H,4-12,14-15H2,1-3H3. The second-order valence-electron chi connectivity index (χ2n) is 8.23. The third-order valence-electron chi connectivity index (χ3n) is 6.16. The van der Waals surface area contributed by atoms with Gasteiger partial charge in [-0.1, -0.05) is 19.3 Å². The van der Waals surface area contributed by atoms with Gasteiger partial charge in [0.15, 0.2) is 5.69 Å². The Morgan fingerprint density at radius 2 is 1.84 bits per heavy atom. The van der Waals surface area contributed by atoms with Gasteiger partial charge in [0, 0.05) is 32.9 Å². The summed E-state index contributed by atoms with van der Waals surface area (Å²) >= 11 is 0. The van der Waals surface area contributed by atoms with Crippen molar-refractivity contribution in [2.24, 2.45) is 18.9 Å². The molecule has 25 heavy (non-hydrogen) atoms. The van der Waals surface area contributed by atoms with E-state index in [1.807, 2.05) is 32.0 Å². The van der Waals surface area contributed by atoms with Gasteiger partial charge in [-0.15, -0.1) is 0 Å². The Bertz CT molecular complexity index is 549. The predicted molar refractivity (Wildman–Crippen MR) is 101 cm³/mol. The van der Waals surface area contributed by atoms with Crippen molar-refractivity contribution in [3.05, 3.63) is 17.5 Å². The zero-order chi connectivity index (χ0) is 17.8. The number of amides is 1. The van der Waals surface area contributed by atoms with Crippen LogP contribution in [0.1, 0.15) is 61.1 Å². The number of aryl methyl sites for hydroxylation is 2. The van der Waals surface area contributed by atoms with Gasteiger partial charge in [0.2, 0.25) is 0 Å². The molecule has 1 saturated carbocycles. The normalized spacial score (nSPS) is 20.8. The van der Waals surface area contributed by atoms with E-state index in [1.165, 1.54) is 64.6 Å². The monoisotopic (exact) mass is 346 g/mol. The van der Waals surface area contributed by atoms with Gasteiger partial charge < -0.3 is 9.80 Å². The van der Waals surface area contributed by atoms with Crippen LogP contribution in [0.5, 0.6) is 0 Å². The number of aromatic nitrogens is 2. The largest absolute Gasteiger partial charge is 0.340 e. The first-order valence-electron chi connectivity index (χ1n) is 10.0. The van der Waals surface area contributed by atoms with Crippen molar-refractivity contribution in [3.8, 4) is 0 Å². The van der Waals surface area contributed by atoms with E-state index < -0.39 is 0 Å². The highest BCUT2D eigenvalue weighted by Crippen LogP contribution is 2.26. The molecule has 5 heteroatoms. The summed E-state index contributed by atoms with van der Waals surface area (Å²) in [6.45, 7) is 6.53. The van der Waals surface area contributed by atoms with E-state index in [0.29, 0.717) is 11.6 Å². The summed E-state index contributed by atoms with van der Waals surface area (Å²) in [7, 11) is 3.80. The lowest BCUT2D eigenvalue weighted by atomic mass is 9.88. The maximum Gasteiger partial charge on any atom is 0.274 e. The third-order valence-corrected chi connectivity index (χ3v) is 6.16. The van der Waals surface area contributed by atoms with Gasteiger partial charge in [-0.05, 0) is 63.6 Å². The lowest BCUT2D eigenvalue weighted by molar-refractivity contribution is 0.0723. The molecule has 1 aromatic rings. The lowest BCUT2D eigenvalue weighted by Crippen LogP contribution is -2.41. The minimum absolute atomic E-state index is 0.0494. The first-order chi connectivity index (χ1) is 12.0. The zero-order valence-corrected chi connectivity index (χ0v) is 16.2. The number of hydrogen-bond acceptors (Lipinski definition) is 3. The summed E-state index contributed by atoms with van der Waals surface area (Å²) in [6, 6.07) is 1.88. The fourth-order valence-electron chi connectivity index (χ4n) is 4.42. The Hall–Kier alpha value is -1.36. The molecule has 0 atom stereocenters. The molecule has 1 aliphatic carbocycles. The maximum absolute atomic E-state index is 12.6. The summed E-state index contributed by atoms with van der Waals surface area (Å²) in [6.07, 6.45) is 9.59. The van der Waals surface area contributed by atoms with Crippen molar-refractivity contribution in [3.63, 3.8) is 0 Å². The molecule has 1 aromatic heterocycles. The fourth-order valence-corrected chi connectivity index (χ4v) is 4.42. The van der Waals surface area contributed by atoms with E-state index in [-0.39, 0.29) is 5.91 Å². The molecule has 1 saturated heterocycles. The van der Waals surface area contributed by atoms with Gasteiger partial charge in [-0.3, -0.25) is 9.48 Å². The molecule has 140 valence electrons. The Morgan fingerprint density at radius 1 is 1.16 bits per heavy atom. The number of nitrogens with zero attached hydrogens (tertiary/aromatic N) is 4. The van der Waals surface area contributed by atoms with Crippen LogP contribution in [0.3, 0.4) is 0 Å². The second-order valence-corrected chi connectivity index (χ2v) is 8.23. The average Bonchev–Trinajstić information content (AvgIpc) is 2.96. The van der Waals surface area contributed by atoms with Crippen LogP contribution in [0.15, 0.2) is 6.07 Å². The number of hydrogen-bond donors (Lipinski definition) is 0. The molecule has 5 nitrogen and oxygen atoms in total. The van der Waals surface area contributed by atoms with E-state index >= 15 is 0 Å². The summed E-state index contributed by atoms with van der Waals surface area (Å²) in [5, 5.41) is 4.32. The van der Waals surface area contributed by atoms with Crippen molar-refractivity contribution in [1.82, 2.24) is 19.6 Å². The minimum Gasteiger partial charge on any atom is -0.340 e. The number of carbonyl (C=O) groups is 1. The summed E-state index contributed by atoms with van der Waals surface area (Å²) in [4.78, 5) is 17.1. The Balaban J connectivity index is 1.42. The van der Waals surface area contributed by atoms with Gasteiger partial charge in [-0.2, -0.15) is 5.10 Å². The Kier molecular flexibility index (Phi) is 6.15. The van der Waals surface area contributed by atoms with E-state index in [0.717, 1.165) is 18.2 Å². The van der Waals surface area contributed by atoms with Crippen molar-refractivity contribution in [1.29, 1.82) is 0 Å². The van der Waals surface area contributed by atoms with Crippen molar-refractivity contribution < 1.29 is 4.79 Å². The first kappa shape index (κ1) is 18.4. The van der Waals surface area contributed by atoms with Crippen LogP contribution < -0.4 is 0 Å². The van der Waals surface area contributed by atoms with E-state index in [2.05, 4.69) is 10.00 Å². The molecular formula is C20H34N4O. The minimum atomic E-state index is 0.0494. The lowest BCUT2D eigenvalue weighted by Gasteiger charge is -2.36. The highest BCUT2D eigenvalue weighted by molar-refractivity contribution is 5.92. The molecule has 0 N–H and O–H groups in total. The van der Waals surface area contributed by atoms with Crippen molar-refractivity contribution >= 4 is 5.91 Å². The van der Waals surface area contributed by atoms with E-state index in [4.69, 9.17) is 0 Å². The summed E-state index contributed by atoms with van der Waals surface area (Å²) < 4.78 is 1.77. The molecule has 2 heterocycles. The van der Waals surface area contributed by atoms with Crippen LogP contribution in [0, 0.1) is 18.8 Å². The van der Waals surface area contributed by atoms with Crippen LogP contribution in [0.25, 0.3) is 0 Å². The molecule has 1 aliphatic heterocycles. The van der Waals surface area contributed by atoms with Crippen LogP contribution in [0.4, 0.5) is 0 Å². The van der Waals surface area contributed by atoms with Gasteiger partial charge in [0.25, 0.3) is 5.91 Å². The second kappa shape index (κ2) is 8.35. The molecule has 0 unspecified atom stereocenters. The summed E-state index contributed by atoms with van der Waals surface area (Å²) in [5.74, 6) is 1.61. The Morgan fingerprint density at radius 3 is 2.44 bits per heavy atom. The predicted octanol–water partition coefficient (Wildman–Crippen LogP) is 3.09. The zero-order valence-electron chi connectivity index (χ0n) is 16.2. The first-order valence-corrected chi connectivity index (χ1v) is 10.0. The number of likely N-dealkylation sites (tertiary alicyclic amines) is 1. The molecule has 2 fully saturated rings. The van der Waals surface area contributed by atoms with Crippen molar-refractivity contribution in [2.75, 3.05) is 33.2 Å². The SMILES string of the molecule is Cc1cc(C(=O)N(C)CC2CCN(CC3CCCCC3)CC2)nn1C. The molecule has 0 radical (unpaired) electrons. The third kappa shape index (κ3) is 4.84. The highest BCUT2D eigenvalue weighted by atomic mass is 16.2. The molecule has 2 aliphatic rings. The molecule has 0 bridgehead atoms. The molecular weight excluding hydrogens is 312 g/mol. The van der Waals surface area contributed by atoms with Gasteiger partial charge in [0.05, 0.1) is 0 Å². The highest BCUT2D eigenvalue weighted by Gasteiger charge is 2.25. The molecule has 0 aromatic carbocycles. The van der Waals surface area contributed by atoms with Gasteiger partial charge in [0.1, 0.15) is 0 Å². The quantitative estimate of drug-likeness (QED) is 0.823. The maximum atomic E-state index is 12.6. The van der Waals surface area contributed by atoms with Crippen molar-refractivity contribution in [2.45, 2.75) is 51.9 Å². The molecule has 0 spiro atoms. The number of piperidine rings is 1. The number of carbonyl (C=O) groups excluding carboxylic acids is 1. The van der Waals surface area contributed by atoms with Crippen LogP contribution in [0.2, 0.25) is 0 Å². The summed E-state index contributed by atoms with van der Waals surface area (Å²) in [5.41, 5.74) is 1.59. The van der Waals surface area contributed by atoms with E-state index in [9.17, 15) is 4.79 Å². The Labute approximate surface area is 152 Å².